The zero-order chi connectivity index (χ0) is 11.9. The topological polar surface area (TPSA) is 17.8 Å². The van der Waals surface area contributed by atoms with Crippen molar-refractivity contribution in [2.75, 3.05) is 0 Å². The number of rotatable bonds is 4. The van der Waals surface area contributed by atoms with E-state index in [0.29, 0.717) is 0 Å². The second-order valence-corrected chi connectivity index (χ2v) is 5.87. The first-order chi connectivity index (χ1) is 7.50. The highest BCUT2D eigenvalue weighted by atomic mass is 35.5. The largest absolute Gasteiger partial charge is 0.271 e. The molecule has 1 fully saturated rings. The average molecular weight is 261 g/mol. The maximum atomic E-state index is 6.34. The molecular weight excluding hydrogens is 243 g/mol. The van der Waals surface area contributed by atoms with E-state index in [4.69, 9.17) is 23.2 Å². The fourth-order valence-electron chi connectivity index (χ4n) is 2.22. The molecule has 1 aliphatic rings. The molecule has 0 radical (unpaired) electrons. The Hall–Kier alpha value is -0.210. The summed E-state index contributed by atoms with van der Waals surface area (Å²) in [5.41, 5.74) is 2.41. The molecular formula is C12H18Cl2N2. The second kappa shape index (κ2) is 4.23. The third kappa shape index (κ3) is 1.98. The molecule has 0 aliphatic heterocycles. The van der Waals surface area contributed by atoms with Crippen LogP contribution in [0.2, 0.25) is 5.02 Å². The Bertz CT molecular complexity index is 392. The van der Waals surface area contributed by atoms with Gasteiger partial charge in [0.05, 0.1) is 16.4 Å². The Labute approximate surface area is 107 Å². The molecule has 0 spiro atoms. The minimum atomic E-state index is 0.212. The normalized spacial score (nSPS) is 19.8. The number of aryl methyl sites for hydroxylation is 2. The maximum Gasteiger partial charge on any atom is 0.0849 e. The number of nitrogens with zero attached hydrogens (tertiary/aromatic N) is 2. The Balaban J connectivity index is 2.25. The van der Waals surface area contributed by atoms with Crippen LogP contribution in [0.3, 0.4) is 0 Å². The molecule has 1 aromatic heterocycles. The van der Waals surface area contributed by atoms with Crippen molar-refractivity contribution in [3.8, 4) is 0 Å². The SMILES string of the molecule is CCc1nn(C)c(CC2(C(C)Cl)CC2)c1Cl. The first kappa shape index (κ1) is 12.3. The Morgan fingerprint density at radius 2 is 2.12 bits per heavy atom. The summed E-state index contributed by atoms with van der Waals surface area (Å²) in [6, 6.07) is 0. The first-order valence-corrected chi connectivity index (χ1v) is 6.66. The molecule has 0 bridgehead atoms. The fourth-order valence-corrected chi connectivity index (χ4v) is 2.88. The van der Waals surface area contributed by atoms with Crippen LogP contribution >= 0.6 is 23.2 Å². The fraction of sp³-hybridized carbons (Fsp3) is 0.750. The highest BCUT2D eigenvalue weighted by Gasteiger charge is 2.47. The summed E-state index contributed by atoms with van der Waals surface area (Å²) in [7, 11) is 1.97. The van der Waals surface area contributed by atoms with Gasteiger partial charge >= 0.3 is 0 Å². The van der Waals surface area contributed by atoms with Gasteiger partial charge in [0.1, 0.15) is 0 Å². The molecule has 4 heteroatoms. The van der Waals surface area contributed by atoms with E-state index in [-0.39, 0.29) is 10.8 Å². The maximum absolute atomic E-state index is 6.34. The third-order valence-corrected chi connectivity index (χ3v) is 4.66. The van der Waals surface area contributed by atoms with Crippen molar-refractivity contribution < 1.29 is 0 Å². The molecule has 16 heavy (non-hydrogen) atoms. The lowest BCUT2D eigenvalue weighted by Crippen LogP contribution is -2.17. The molecule has 1 aromatic rings. The van der Waals surface area contributed by atoms with Crippen LogP contribution in [0, 0.1) is 5.41 Å². The minimum Gasteiger partial charge on any atom is -0.271 e. The van der Waals surface area contributed by atoms with Crippen LogP contribution in [0.25, 0.3) is 0 Å². The molecule has 0 saturated heterocycles. The predicted octanol–water partition coefficient (Wildman–Crippen LogP) is 3.59. The van der Waals surface area contributed by atoms with Crippen LogP contribution in [-0.4, -0.2) is 15.2 Å². The van der Waals surface area contributed by atoms with Crippen molar-refractivity contribution in [3.05, 3.63) is 16.4 Å². The molecule has 2 rings (SSSR count). The zero-order valence-corrected chi connectivity index (χ0v) is 11.6. The lowest BCUT2D eigenvalue weighted by atomic mass is 9.96. The van der Waals surface area contributed by atoms with Gasteiger partial charge < -0.3 is 0 Å². The van der Waals surface area contributed by atoms with E-state index in [0.717, 1.165) is 29.3 Å². The monoisotopic (exact) mass is 260 g/mol. The summed E-state index contributed by atoms with van der Waals surface area (Å²) < 4.78 is 1.92. The van der Waals surface area contributed by atoms with Gasteiger partial charge in [-0.15, -0.1) is 11.6 Å². The van der Waals surface area contributed by atoms with E-state index in [2.05, 4.69) is 18.9 Å². The van der Waals surface area contributed by atoms with E-state index in [1.165, 1.54) is 12.8 Å². The number of hydrogen-bond acceptors (Lipinski definition) is 1. The van der Waals surface area contributed by atoms with Crippen molar-refractivity contribution >= 4 is 23.2 Å². The smallest absolute Gasteiger partial charge is 0.0849 e. The van der Waals surface area contributed by atoms with Crippen molar-refractivity contribution in [2.45, 2.75) is 44.9 Å². The molecule has 1 saturated carbocycles. The number of halogens is 2. The van der Waals surface area contributed by atoms with Crippen LogP contribution in [0.4, 0.5) is 0 Å². The van der Waals surface area contributed by atoms with Gasteiger partial charge in [0.15, 0.2) is 0 Å². The van der Waals surface area contributed by atoms with E-state index in [1.54, 1.807) is 0 Å². The van der Waals surface area contributed by atoms with Crippen LogP contribution < -0.4 is 0 Å². The van der Waals surface area contributed by atoms with E-state index in [1.807, 2.05) is 11.7 Å². The van der Waals surface area contributed by atoms with Gasteiger partial charge in [-0.2, -0.15) is 5.10 Å². The molecule has 0 aromatic carbocycles. The number of alkyl halides is 1. The van der Waals surface area contributed by atoms with Crippen molar-refractivity contribution in [1.82, 2.24) is 9.78 Å². The molecule has 1 unspecified atom stereocenters. The van der Waals surface area contributed by atoms with E-state index >= 15 is 0 Å². The van der Waals surface area contributed by atoms with Crippen LogP contribution in [0.15, 0.2) is 0 Å². The van der Waals surface area contributed by atoms with Gasteiger partial charge in [0, 0.05) is 12.4 Å². The standard InChI is InChI=1S/C12H18Cl2N2/c1-4-9-11(14)10(16(3)15-9)7-12(5-6-12)8(2)13/h8H,4-7H2,1-3H3. The Morgan fingerprint density at radius 3 is 2.50 bits per heavy atom. The summed E-state index contributed by atoms with van der Waals surface area (Å²) in [5.74, 6) is 0. The number of aromatic nitrogens is 2. The zero-order valence-electron chi connectivity index (χ0n) is 10.1. The molecule has 0 N–H and O–H groups in total. The van der Waals surface area contributed by atoms with Gasteiger partial charge in [-0.3, -0.25) is 4.68 Å². The molecule has 2 nitrogen and oxygen atoms in total. The van der Waals surface area contributed by atoms with Crippen molar-refractivity contribution in [1.29, 1.82) is 0 Å². The second-order valence-electron chi connectivity index (χ2n) is 4.84. The van der Waals surface area contributed by atoms with Gasteiger partial charge in [-0.1, -0.05) is 18.5 Å². The van der Waals surface area contributed by atoms with Gasteiger partial charge in [-0.05, 0) is 38.0 Å². The van der Waals surface area contributed by atoms with Crippen molar-refractivity contribution in [3.63, 3.8) is 0 Å². The van der Waals surface area contributed by atoms with Crippen LogP contribution in [0.5, 0.6) is 0 Å². The summed E-state index contributed by atoms with van der Waals surface area (Å²) in [6.45, 7) is 4.16. The highest BCUT2D eigenvalue weighted by Crippen LogP contribution is 2.53. The van der Waals surface area contributed by atoms with E-state index in [9.17, 15) is 0 Å². The van der Waals surface area contributed by atoms with E-state index < -0.39 is 0 Å². The Morgan fingerprint density at radius 1 is 1.50 bits per heavy atom. The first-order valence-electron chi connectivity index (χ1n) is 5.84. The van der Waals surface area contributed by atoms with Gasteiger partial charge in [0.2, 0.25) is 0 Å². The summed E-state index contributed by atoms with van der Waals surface area (Å²) in [4.78, 5) is 0. The van der Waals surface area contributed by atoms with Crippen LogP contribution in [0.1, 0.15) is 38.1 Å². The lowest BCUT2D eigenvalue weighted by molar-refractivity contribution is 0.476. The molecule has 90 valence electrons. The van der Waals surface area contributed by atoms with Crippen LogP contribution in [-0.2, 0) is 19.9 Å². The quantitative estimate of drug-likeness (QED) is 0.757. The average Bonchev–Trinajstić information content (AvgIpc) is 2.97. The summed E-state index contributed by atoms with van der Waals surface area (Å²) in [5, 5.41) is 5.49. The predicted molar refractivity (Wildman–Crippen MR) is 68.3 cm³/mol. The third-order valence-electron chi connectivity index (χ3n) is 3.76. The Kier molecular flexibility index (Phi) is 3.24. The molecule has 0 amide bonds. The molecule has 1 aliphatic carbocycles. The molecule has 1 heterocycles. The van der Waals surface area contributed by atoms with Gasteiger partial charge in [0.25, 0.3) is 0 Å². The van der Waals surface area contributed by atoms with Gasteiger partial charge in [-0.25, -0.2) is 0 Å². The summed E-state index contributed by atoms with van der Waals surface area (Å²) >= 11 is 12.6. The highest BCUT2D eigenvalue weighted by molar-refractivity contribution is 6.32. The number of hydrogen-bond donors (Lipinski definition) is 0. The molecule has 1 atom stereocenters. The summed E-state index contributed by atoms with van der Waals surface area (Å²) in [6.07, 6.45) is 4.26. The lowest BCUT2D eigenvalue weighted by Gasteiger charge is -2.17. The van der Waals surface area contributed by atoms with Crippen molar-refractivity contribution in [2.24, 2.45) is 12.5 Å². The minimum absolute atomic E-state index is 0.212.